The highest BCUT2D eigenvalue weighted by Gasteiger charge is 2.48. The van der Waals surface area contributed by atoms with Crippen molar-refractivity contribution in [2.75, 3.05) is 13.1 Å². The molecule has 1 unspecified atom stereocenters. The topological polar surface area (TPSA) is 59.1 Å². The summed E-state index contributed by atoms with van der Waals surface area (Å²) in [6.45, 7) is 5.66. The van der Waals surface area contributed by atoms with E-state index in [0.717, 1.165) is 18.8 Å². The summed E-state index contributed by atoms with van der Waals surface area (Å²) in [6.07, 6.45) is 12.9. The lowest BCUT2D eigenvalue weighted by atomic mass is 9.85. The third-order valence-corrected chi connectivity index (χ3v) is 5.38. The lowest BCUT2D eigenvalue weighted by Crippen LogP contribution is -2.56. The van der Waals surface area contributed by atoms with E-state index < -0.39 is 0 Å². The van der Waals surface area contributed by atoms with Gasteiger partial charge in [0.05, 0.1) is 6.04 Å². The average molecular weight is 291 g/mol. The van der Waals surface area contributed by atoms with Crippen LogP contribution in [0.3, 0.4) is 0 Å². The number of hydrazine groups is 1. The molecular formula is C16H29N5. The Morgan fingerprint density at radius 2 is 2.00 bits per heavy atom. The molecule has 1 aliphatic heterocycles. The maximum Gasteiger partial charge on any atom is 0.129 e. The molecule has 118 valence electrons. The Morgan fingerprint density at radius 1 is 1.29 bits per heavy atom. The largest absolute Gasteiger partial charge is 0.334 e. The number of likely N-dealkylation sites (tertiary alicyclic amines) is 1. The predicted octanol–water partition coefficient (Wildman–Crippen LogP) is 2.21. The van der Waals surface area contributed by atoms with Gasteiger partial charge in [-0.25, -0.2) is 10.4 Å². The minimum Gasteiger partial charge on any atom is -0.334 e. The molecule has 2 fully saturated rings. The molecule has 21 heavy (non-hydrogen) atoms. The Bertz CT molecular complexity index is 443. The summed E-state index contributed by atoms with van der Waals surface area (Å²) in [5.41, 5.74) is 3.31. The minimum atomic E-state index is 0.139. The van der Waals surface area contributed by atoms with E-state index in [1.807, 2.05) is 6.20 Å². The van der Waals surface area contributed by atoms with Crippen LogP contribution in [0.15, 0.2) is 12.4 Å². The molecule has 0 bridgehead atoms. The van der Waals surface area contributed by atoms with E-state index in [1.54, 1.807) is 0 Å². The highest BCUT2D eigenvalue weighted by molar-refractivity contribution is 5.13. The van der Waals surface area contributed by atoms with Crippen LogP contribution in [0.5, 0.6) is 0 Å². The first-order chi connectivity index (χ1) is 10.3. The Morgan fingerprint density at radius 3 is 2.62 bits per heavy atom. The molecule has 2 heterocycles. The van der Waals surface area contributed by atoms with Gasteiger partial charge in [0, 0.05) is 24.5 Å². The number of nitrogens with two attached hydrogens (primary N) is 1. The molecule has 0 aromatic carbocycles. The maximum absolute atomic E-state index is 6.03. The Hall–Kier alpha value is -0.910. The summed E-state index contributed by atoms with van der Waals surface area (Å²) in [4.78, 5) is 7.35. The van der Waals surface area contributed by atoms with Gasteiger partial charge in [-0.05, 0) is 45.2 Å². The number of rotatable bonds is 6. The van der Waals surface area contributed by atoms with Crippen molar-refractivity contribution in [3.63, 3.8) is 0 Å². The van der Waals surface area contributed by atoms with Crippen LogP contribution in [0.2, 0.25) is 0 Å². The van der Waals surface area contributed by atoms with Crippen molar-refractivity contribution in [2.24, 2.45) is 5.84 Å². The van der Waals surface area contributed by atoms with E-state index in [0.29, 0.717) is 0 Å². The molecule has 5 nitrogen and oxygen atoms in total. The smallest absolute Gasteiger partial charge is 0.129 e. The van der Waals surface area contributed by atoms with Crippen LogP contribution < -0.4 is 11.3 Å². The first-order valence-electron chi connectivity index (χ1n) is 8.54. The van der Waals surface area contributed by atoms with Gasteiger partial charge in [-0.15, -0.1) is 0 Å². The summed E-state index contributed by atoms with van der Waals surface area (Å²) in [5.74, 6) is 7.15. The average Bonchev–Trinajstić information content (AvgIpc) is 3.21. The molecule has 1 saturated carbocycles. The summed E-state index contributed by atoms with van der Waals surface area (Å²) >= 11 is 0. The Kier molecular flexibility index (Phi) is 4.62. The van der Waals surface area contributed by atoms with Crippen LogP contribution in [0.4, 0.5) is 0 Å². The molecule has 3 rings (SSSR count). The van der Waals surface area contributed by atoms with E-state index in [9.17, 15) is 0 Å². The van der Waals surface area contributed by atoms with Gasteiger partial charge >= 0.3 is 0 Å². The number of nitrogens with zero attached hydrogens (tertiary/aromatic N) is 3. The monoisotopic (exact) mass is 291 g/mol. The van der Waals surface area contributed by atoms with Crippen molar-refractivity contribution in [1.29, 1.82) is 0 Å². The molecule has 3 N–H and O–H groups in total. The van der Waals surface area contributed by atoms with E-state index in [4.69, 9.17) is 5.84 Å². The number of hydrogen-bond acceptors (Lipinski definition) is 4. The molecule has 1 aliphatic carbocycles. The summed E-state index contributed by atoms with van der Waals surface area (Å²) in [7, 11) is 0. The van der Waals surface area contributed by atoms with Gasteiger partial charge in [-0.3, -0.25) is 10.7 Å². The van der Waals surface area contributed by atoms with Gasteiger partial charge < -0.3 is 4.57 Å². The van der Waals surface area contributed by atoms with E-state index >= 15 is 0 Å². The van der Waals surface area contributed by atoms with Gasteiger partial charge in [0.25, 0.3) is 0 Å². The molecule has 5 heteroatoms. The SMILES string of the molecule is CCCn1ccnc1C(NN)C1(N2CCCC2)CCCC1. The predicted molar refractivity (Wildman–Crippen MR) is 84.6 cm³/mol. The quantitative estimate of drug-likeness (QED) is 0.623. The zero-order valence-electron chi connectivity index (χ0n) is 13.2. The lowest BCUT2D eigenvalue weighted by molar-refractivity contribution is 0.0713. The van der Waals surface area contributed by atoms with E-state index in [-0.39, 0.29) is 11.6 Å². The van der Waals surface area contributed by atoms with Crippen LogP contribution in [-0.4, -0.2) is 33.1 Å². The first-order valence-corrected chi connectivity index (χ1v) is 8.54. The molecule has 0 spiro atoms. The summed E-state index contributed by atoms with van der Waals surface area (Å²) < 4.78 is 2.28. The second-order valence-electron chi connectivity index (χ2n) is 6.58. The lowest BCUT2D eigenvalue weighted by Gasteiger charge is -2.44. The van der Waals surface area contributed by atoms with Crippen LogP contribution in [0.25, 0.3) is 0 Å². The van der Waals surface area contributed by atoms with Gasteiger partial charge in [0.1, 0.15) is 5.82 Å². The van der Waals surface area contributed by atoms with Crippen molar-refractivity contribution in [2.45, 2.75) is 70.0 Å². The highest BCUT2D eigenvalue weighted by Crippen LogP contribution is 2.45. The van der Waals surface area contributed by atoms with Crippen molar-refractivity contribution in [3.05, 3.63) is 18.2 Å². The number of nitrogens with one attached hydrogen (secondary N) is 1. The molecule has 2 aliphatic rings. The zero-order valence-corrected chi connectivity index (χ0v) is 13.2. The molecular weight excluding hydrogens is 262 g/mol. The van der Waals surface area contributed by atoms with Crippen molar-refractivity contribution in [3.8, 4) is 0 Å². The molecule has 1 aromatic heterocycles. The molecule has 1 aromatic rings. The van der Waals surface area contributed by atoms with Crippen molar-refractivity contribution >= 4 is 0 Å². The Balaban J connectivity index is 1.93. The number of imidazole rings is 1. The van der Waals surface area contributed by atoms with Crippen LogP contribution in [0, 0.1) is 0 Å². The molecule has 0 radical (unpaired) electrons. The van der Waals surface area contributed by atoms with Crippen molar-refractivity contribution < 1.29 is 0 Å². The van der Waals surface area contributed by atoms with Gasteiger partial charge in [0.15, 0.2) is 0 Å². The zero-order chi connectivity index (χ0) is 14.7. The third kappa shape index (κ3) is 2.62. The number of aromatic nitrogens is 2. The van der Waals surface area contributed by atoms with Gasteiger partial charge in [-0.1, -0.05) is 19.8 Å². The molecule has 0 amide bonds. The van der Waals surface area contributed by atoms with E-state index in [1.165, 1.54) is 51.6 Å². The molecule has 1 atom stereocenters. The van der Waals surface area contributed by atoms with E-state index in [2.05, 4.69) is 33.0 Å². The van der Waals surface area contributed by atoms with Gasteiger partial charge in [0.2, 0.25) is 0 Å². The fourth-order valence-corrected chi connectivity index (χ4v) is 4.42. The number of aryl methyl sites for hydroxylation is 1. The van der Waals surface area contributed by atoms with Crippen molar-refractivity contribution in [1.82, 2.24) is 19.9 Å². The summed E-state index contributed by atoms with van der Waals surface area (Å²) in [6, 6.07) is 0.139. The maximum atomic E-state index is 6.03. The normalized spacial score (nSPS) is 23.7. The van der Waals surface area contributed by atoms with Gasteiger partial charge in [-0.2, -0.15) is 0 Å². The highest BCUT2D eigenvalue weighted by atomic mass is 15.3. The third-order valence-electron chi connectivity index (χ3n) is 5.38. The standard InChI is InChI=1S/C16H29N5/c1-2-10-20-13-9-18-15(20)14(19-17)16(7-3-4-8-16)21-11-5-6-12-21/h9,13-14,19H,2-8,10-12,17H2,1H3. The fraction of sp³-hybridized carbons (Fsp3) is 0.812. The van der Waals surface area contributed by atoms with Crippen LogP contribution >= 0.6 is 0 Å². The first kappa shape index (κ1) is 15.0. The summed E-state index contributed by atoms with van der Waals surface area (Å²) in [5, 5.41) is 0. The number of hydrogen-bond donors (Lipinski definition) is 2. The Labute approximate surface area is 127 Å². The second kappa shape index (κ2) is 6.46. The fourth-order valence-electron chi connectivity index (χ4n) is 4.42. The molecule has 1 saturated heterocycles. The van der Waals surface area contributed by atoms with Crippen LogP contribution in [-0.2, 0) is 6.54 Å². The van der Waals surface area contributed by atoms with Crippen LogP contribution in [0.1, 0.15) is 63.7 Å². The minimum absolute atomic E-state index is 0.139. The second-order valence-corrected chi connectivity index (χ2v) is 6.58.